The van der Waals surface area contributed by atoms with E-state index in [2.05, 4.69) is 22.1 Å². The predicted octanol–water partition coefficient (Wildman–Crippen LogP) is 4.18. The number of hydrogen-bond acceptors (Lipinski definition) is 3. The monoisotopic (exact) mass is 293 g/mol. The Kier molecular flexibility index (Phi) is 5.56. The Morgan fingerprint density at radius 1 is 1.35 bits per heavy atom. The van der Waals surface area contributed by atoms with E-state index in [4.69, 9.17) is 4.74 Å². The standard InChI is InChI=1S/C16H20FNOS/c1-3-18-14(8-7-12-9-10-20-11-12)16-13(17)5-4-6-15(16)19-2/h4-6,9-11,14,18H,3,7-8H2,1-2H3. The van der Waals surface area contributed by atoms with Crippen molar-refractivity contribution >= 4 is 11.3 Å². The Balaban J connectivity index is 2.19. The maximum absolute atomic E-state index is 14.2. The van der Waals surface area contributed by atoms with Gasteiger partial charge in [-0.25, -0.2) is 4.39 Å². The summed E-state index contributed by atoms with van der Waals surface area (Å²) in [6.45, 7) is 2.83. The van der Waals surface area contributed by atoms with Crippen molar-refractivity contribution in [2.24, 2.45) is 0 Å². The Bertz CT molecular complexity index is 527. The second kappa shape index (κ2) is 7.41. The third-order valence-corrected chi connectivity index (χ3v) is 4.07. The molecule has 1 aromatic carbocycles. The molecule has 2 rings (SSSR count). The minimum absolute atomic E-state index is 0.0314. The van der Waals surface area contributed by atoms with E-state index in [1.165, 1.54) is 11.6 Å². The third kappa shape index (κ3) is 3.58. The van der Waals surface area contributed by atoms with Gasteiger partial charge in [-0.1, -0.05) is 13.0 Å². The summed E-state index contributed by atoms with van der Waals surface area (Å²) in [5.41, 5.74) is 1.93. The molecule has 2 nitrogen and oxygen atoms in total. The highest BCUT2D eigenvalue weighted by Gasteiger charge is 2.19. The molecule has 0 bridgehead atoms. The number of nitrogens with one attached hydrogen (secondary N) is 1. The van der Waals surface area contributed by atoms with E-state index >= 15 is 0 Å². The molecular formula is C16H20FNOS. The first kappa shape index (κ1) is 15.0. The van der Waals surface area contributed by atoms with Crippen LogP contribution in [0.5, 0.6) is 5.75 Å². The molecule has 1 atom stereocenters. The van der Waals surface area contributed by atoms with Gasteiger partial charge in [-0.2, -0.15) is 11.3 Å². The van der Waals surface area contributed by atoms with Crippen LogP contribution in [0.4, 0.5) is 4.39 Å². The normalized spacial score (nSPS) is 12.3. The fraction of sp³-hybridized carbons (Fsp3) is 0.375. The predicted molar refractivity (Wildman–Crippen MR) is 82.0 cm³/mol. The fourth-order valence-electron chi connectivity index (χ4n) is 2.37. The number of methoxy groups -OCH3 is 1. The lowest BCUT2D eigenvalue weighted by molar-refractivity contribution is 0.386. The van der Waals surface area contributed by atoms with Gasteiger partial charge in [0.15, 0.2) is 0 Å². The van der Waals surface area contributed by atoms with E-state index in [9.17, 15) is 4.39 Å². The Morgan fingerprint density at radius 3 is 2.85 bits per heavy atom. The number of halogens is 1. The SMILES string of the molecule is CCNC(CCc1ccsc1)c1c(F)cccc1OC. The van der Waals surface area contributed by atoms with Crippen LogP contribution in [-0.2, 0) is 6.42 Å². The summed E-state index contributed by atoms with van der Waals surface area (Å²) in [7, 11) is 1.58. The molecule has 2 aromatic rings. The van der Waals surface area contributed by atoms with Gasteiger partial charge in [0.25, 0.3) is 0 Å². The van der Waals surface area contributed by atoms with Crippen LogP contribution in [0.25, 0.3) is 0 Å². The summed E-state index contributed by atoms with van der Waals surface area (Å²) in [6, 6.07) is 7.07. The van der Waals surface area contributed by atoms with E-state index in [0.717, 1.165) is 19.4 Å². The lowest BCUT2D eigenvalue weighted by atomic mass is 9.98. The number of hydrogen-bond donors (Lipinski definition) is 1. The third-order valence-electron chi connectivity index (χ3n) is 3.33. The molecule has 4 heteroatoms. The largest absolute Gasteiger partial charge is 0.496 e. The number of rotatable bonds is 7. The van der Waals surface area contributed by atoms with Crippen molar-refractivity contribution in [2.45, 2.75) is 25.8 Å². The molecule has 0 fully saturated rings. The number of benzene rings is 1. The van der Waals surface area contributed by atoms with Crippen LogP contribution in [0.15, 0.2) is 35.0 Å². The van der Waals surface area contributed by atoms with Gasteiger partial charge in [-0.15, -0.1) is 0 Å². The van der Waals surface area contributed by atoms with Crippen molar-refractivity contribution in [2.75, 3.05) is 13.7 Å². The Hall–Kier alpha value is -1.39. The second-order valence-corrected chi connectivity index (χ2v) is 5.42. The summed E-state index contributed by atoms with van der Waals surface area (Å²) in [5, 5.41) is 7.57. The van der Waals surface area contributed by atoms with Gasteiger partial charge >= 0.3 is 0 Å². The molecule has 0 spiro atoms. The van der Waals surface area contributed by atoms with Crippen LogP contribution in [0.2, 0.25) is 0 Å². The van der Waals surface area contributed by atoms with Crippen LogP contribution in [-0.4, -0.2) is 13.7 Å². The maximum atomic E-state index is 14.2. The molecule has 1 heterocycles. The molecule has 0 aliphatic carbocycles. The van der Waals surface area contributed by atoms with Gasteiger partial charge in [0.05, 0.1) is 7.11 Å². The molecular weight excluding hydrogens is 273 g/mol. The highest BCUT2D eigenvalue weighted by molar-refractivity contribution is 7.07. The van der Waals surface area contributed by atoms with Gasteiger partial charge in [0.1, 0.15) is 11.6 Å². The zero-order valence-electron chi connectivity index (χ0n) is 11.9. The van der Waals surface area contributed by atoms with Gasteiger partial charge in [-0.05, 0) is 53.9 Å². The van der Waals surface area contributed by atoms with E-state index in [1.54, 1.807) is 24.5 Å². The van der Waals surface area contributed by atoms with Gasteiger partial charge in [0, 0.05) is 11.6 Å². The second-order valence-electron chi connectivity index (χ2n) is 4.64. The minimum atomic E-state index is -0.208. The summed E-state index contributed by atoms with van der Waals surface area (Å²) < 4.78 is 19.5. The molecule has 20 heavy (non-hydrogen) atoms. The van der Waals surface area contributed by atoms with Crippen LogP contribution in [0.1, 0.15) is 30.5 Å². The summed E-state index contributed by atoms with van der Waals surface area (Å²) >= 11 is 1.69. The zero-order valence-corrected chi connectivity index (χ0v) is 12.7. The molecule has 0 radical (unpaired) electrons. The average molecular weight is 293 g/mol. The van der Waals surface area contributed by atoms with Crippen LogP contribution in [0, 0.1) is 5.82 Å². The fourth-order valence-corrected chi connectivity index (χ4v) is 3.08. The molecule has 0 amide bonds. The van der Waals surface area contributed by atoms with Gasteiger partial charge in [-0.3, -0.25) is 0 Å². The van der Waals surface area contributed by atoms with Crippen molar-refractivity contribution < 1.29 is 9.13 Å². The number of aryl methyl sites for hydroxylation is 1. The van der Waals surface area contributed by atoms with Crippen LogP contribution < -0.4 is 10.1 Å². The van der Waals surface area contributed by atoms with E-state index in [0.29, 0.717) is 11.3 Å². The highest BCUT2D eigenvalue weighted by atomic mass is 32.1. The molecule has 0 aliphatic rings. The molecule has 1 N–H and O–H groups in total. The molecule has 0 saturated heterocycles. The topological polar surface area (TPSA) is 21.3 Å². The highest BCUT2D eigenvalue weighted by Crippen LogP contribution is 2.30. The van der Waals surface area contributed by atoms with E-state index < -0.39 is 0 Å². The van der Waals surface area contributed by atoms with E-state index in [-0.39, 0.29) is 11.9 Å². The molecule has 0 aliphatic heterocycles. The van der Waals surface area contributed by atoms with Gasteiger partial charge in [0.2, 0.25) is 0 Å². The lowest BCUT2D eigenvalue weighted by Crippen LogP contribution is -2.23. The Morgan fingerprint density at radius 2 is 2.20 bits per heavy atom. The van der Waals surface area contributed by atoms with Crippen molar-refractivity contribution in [1.82, 2.24) is 5.32 Å². The van der Waals surface area contributed by atoms with Crippen molar-refractivity contribution in [3.8, 4) is 5.75 Å². The van der Waals surface area contributed by atoms with Gasteiger partial charge < -0.3 is 10.1 Å². The molecule has 0 saturated carbocycles. The lowest BCUT2D eigenvalue weighted by Gasteiger charge is -2.21. The molecule has 108 valence electrons. The smallest absolute Gasteiger partial charge is 0.131 e. The Labute approximate surface area is 123 Å². The van der Waals surface area contributed by atoms with Crippen LogP contribution in [0.3, 0.4) is 0 Å². The number of ether oxygens (including phenoxy) is 1. The first-order valence-electron chi connectivity index (χ1n) is 6.83. The summed E-state index contributed by atoms with van der Waals surface area (Å²) in [6.07, 6.45) is 1.78. The summed E-state index contributed by atoms with van der Waals surface area (Å²) in [4.78, 5) is 0. The van der Waals surface area contributed by atoms with Crippen molar-refractivity contribution in [3.63, 3.8) is 0 Å². The maximum Gasteiger partial charge on any atom is 0.131 e. The first-order chi connectivity index (χ1) is 9.76. The summed E-state index contributed by atoms with van der Waals surface area (Å²) in [5.74, 6) is 0.405. The van der Waals surface area contributed by atoms with Crippen molar-refractivity contribution in [1.29, 1.82) is 0 Å². The minimum Gasteiger partial charge on any atom is -0.496 e. The first-order valence-corrected chi connectivity index (χ1v) is 7.77. The van der Waals surface area contributed by atoms with Crippen molar-refractivity contribution in [3.05, 3.63) is 52.0 Å². The quantitative estimate of drug-likeness (QED) is 0.827. The molecule has 1 unspecified atom stereocenters. The van der Waals surface area contributed by atoms with E-state index in [1.807, 2.05) is 13.0 Å². The number of thiophene rings is 1. The van der Waals surface area contributed by atoms with Crippen LogP contribution >= 0.6 is 11.3 Å². The molecule has 1 aromatic heterocycles. The average Bonchev–Trinajstić information content (AvgIpc) is 2.97. The zero-order chi connectivity index (χ0) is 14.4.